The highest BCUT2D eigenvalue weighted by molar-refractivity contribution is 5.69. The second-order valence-corrected chi connectivity index (χ2v) is 6.29. The van der Waals surface area contributed by atoms with Gasteiger partial charge < -0.3 is 15.2 Å². The van der Waals surface area contributed by atoms with Crippen LogP contribution in [0.5, 0.6) is 0 Å². The summed E-state index contributed by atoms with van der Waals surface area (Å²) < 4.78 is 11.1. The third-order valence-electron chi connectivity index (χ3n) is 3.26. The minimum absolute atomic E-state index is 0.161. The molecule has 2 rings (SSSR count). The third kappa shape index (κ3) is 4.36. The molecule has 0 saturated carbocycles. The molecule has 116 valence electrons. The van der Waals surface area contributed by atoms with Crippen molar-refractivity contribution in [2.45, 2.75) is 38.8 Å². The molecule has 1 atom stereocenters. The fourth-order valence-electron chi connectivity index (χ4n) is 2.36. The Kier molecular flexibility index (Phi) is 4.73. The molecule has 0 aromatic heterocycles. The predicted molar refractivity (Wildman–Crippen MR) is 82.0 cm³/mol. The highest BCUT2D eigenvalue weighted by Gasteiger charge is 2.30. The Morgan fingerprint density at radius 2 is 2.19 bits per heavy atom. The number of anilines is 1. The zero-order valence-corrected chi connectivity index (χ0v) is 13.0. The van der Waals surface area contributed by atoms with Crippen LogP contribution < -0.4 is 5.73 Å². The van der Waals surface area contributed by atoms with Gasteiger partial charge in [0.15, 0.2) is 0 Å². The van der Waals surface area contributed by atoms with Crippen LogP contribution in [-0.2, 0) is 9.47 Å². The summed E-state index contributed by atoms with van der Waals surface area (Å²) in [6.07, 6.45) is 0.498. The fourth-order valence-corrected chi connectivity index (χ4v) is 2.36. The topological polar surface area (TPSA) is 64.8 Å². The average molecular weight is 292 g/mol. The Bertz CT molecular complexity index is 497. The normalized spacial score (nSPS) is 20.0. The van der Waals surface area contributed by atoms with E-state index in [4.69, 9.17) is 15.2 Å². The summed E-state index contributed by atoms with van der Waals surface area (Å²) in [6.45, 7) is 7.34. The van der Waals surface area contributed by atoms with Crippen molar-refractivity contribution >= 4 is 11.8 Å². The fraction of sp³-hybridized carbons (Fsp3) is 0.562. The standard InChI is InChI=1S/C16H24N2O3/c1-16(2,3)21-15(19)18-8-5-9-20-11-14(18)12-6-4-7-13(17)10-12/h4,6-7,10,14H,5,8-9,11,17H2,1-3H3. The Morgan fingerprint density at radius 3 is 2.86 bits per heavy atom. The number of amides is 1. The van der Waals surface area contributed by atoms with E-state index in [-0.39, 0.29) is 12.1 Å². The highest BCUT2D eigenvalue weighted by Crippen LogP contribution is 2.27. The molecule has 0 spiro atoms. The molecular weight excluding hydrogens is 268 g/mol. The van der Waals surface area contributed by atoms with Crippen molar-refractivity contribution in [2.24, 2.45) is 0 Å². The largest absolute Gasteiger partial charge is 0.444 e. The Balaban J connectivity index is 2.24. The monoisotopic (exact) mass is 292 g/mol. The van der Waals surface area contributed by atoms with Gasteiger partial charge in [0.05, 0.1) is 12.6 Å². The van der Waals surface area contributed by atoms with Gasteiger partial charge in [-0.2, -0.15) is 0 Å². The number of ether oxygens (including phenoxy) is 2. The summed E-state index contributed by atoms with van der Waals surface area (Å²) in [6, 6.07) is 7.41. The maximum atomic E-state index is 12.5. The smallest absolute Gasteiger partial charge is 0.410 e. The van der Waals surface area contributed by atoms with E-state index in [9.17, 15) is 4.79 Å². The van der Waals surface area contributed by atoms with E-state index in [2.05, 4.69) is 0 Å². The van der Waals surface area contributed by atoms with Crippen LogP contribution in [0, 0.1) is 0 Å². The van der Waals surface area contributed by atoms with Gasteiger partial charge in [0.25, 0.3) is 0 Å². The van der Waals surface area contributed by atoms with Crippen molar-refractivity contribution in [3.05, 3.63) is 29.8 Å². The van der Waals surface area contributed by atoms with Crippen LogP contribution in [0.15, 0.2) is 24.3 Å². The molecule has 5 heteroatoms. The molecule has 1 amide bonds. The van der Waals surface area contributed by atoms with E-state index in [0.717, 1.165) is 12.0 Å². The van der Waals surface area contributed by atoms with Gasteiger partial charge in [-0.15, -0.1) is 0 Å². The second-order valence-electron chi connectivity index (χ2n) is 6.29. The van der Waals surface area contributed by atoms with E-state index < -0.39 is 5.60 Å². The lowest BCUT2D eigenvalue weighted by Gasteiger charge is -2.32. The molecular formula is C16H24N2O3. The van der Waals surface area contributed by atoms with Gasteiger partial charge in [-0.3, -0.25) is 4.90 Å². The predicted octanol–water partition coefficient (Wildman–Crippen LogP) is 2.97. The van der Waals surface area contributed by atoms with Crippen molar-refractivity contribution in [1.29, 1.82) is 0 Å². The molecule has 21 heavy (non-hydrogen) atoms. The lowest BCUT2D eigenvalue weighted by atomic mass is 10.1. The zero-order valence-electron chi connectivity index (χ0n) is 13.0. The molecule has 0 aliphatic carbocycles. The van der Waals surface area contributed by atoms with Crippen LogP contribution >= 0.6 is 0 Å². The Morgan fingerprint density at radius 1 is 1.43 bits per heavy atom. The average Bonchev–Trinajstić information content (AvgIpc) is 2.62. The number of carbonyl (C=O) groups is 1. The number of carbonyl (C=O) groups excluding carboxylic acids is 1. The van der Waals surface area contributed by atoms with E-state index in [1.807, 2.05) is 45.0 Å². The summed E-state index contributed by atoms with van der Waals surface area (Å²) in [5, 5.41) is 0. The molecule has 5 nitrogen and oxygen atoms in total. The van der Waals surface area contributed by atoms with Crippen LogP contribution in [0.1, 0.15) is 38.8 Å². The van der Waals surface area contributed by atoms with Crippen LogP contribution in [-0.4, -0.2) is 36.4 Å². The second kappa shape index (κ2) is 6.35. The van der Waals surface area contributed by atoms with Gasteiger partial charge >= 0.3 is 6.09 Å². The van der Waals surface area contributed by atoms with E-state index in [1.54, 1.807) is 4.90 Å². The quantitative estimate of drug-likeness (QED) is 0.808. The van der Waals surface area contributed by atoms with Crippen molar-refractivity contribution in [3.8, 4) is 0 Å². The summed E-state index contributed by atoms with van der Waals surface area (Å²) in [5.74, 6) is 0. The maximum Gasteiger partial charge on any atom is 0.410 e. The molecule has 0 bridgehead atoms. The van der Waals surface area contributed by atoms with Crippen molar-refractivity contribution in [1.82, 2.24) is 4.90 Å². The van der Waals surface area contributed by atoms with Crippen LogP contribution in [0.2, 0.25) is 0 Å². The van der Waals surface area contributed by atoms with Crippen molar-refractivity contribution in [2.75, 3.05) is 25.5 Å². The number of hydrogen-bond donors (Lipinski definition) is 1. The zero-order chi connectivity index (χ0) is 15.5. The first-order valence-electron chi connectivity index (χ1n) is 7.29. The molecule has 1 aromatic carbocycles. The van der Waals surface area contributed by atoms with E-state index in [1.165, 1.54) is 0 Å². The summed E-state index contributed by atoms with van der Waals surface area (Å²) in [5.41, 5.74) is 7.00. The number of benzene rings is 1. The SMILES string of the molecule is CC(C)(C)OC(=O)N1CCCOCC1c1cccc(N)c1. The van der Waals surface area contributed by atoms with Crippen molar-refractivity contribution in [3.63, 3.8) is 0 Å². The van der Waals surface area contributed by atoms with Crippen molar-refractivity contribution < 1.29 is 14.3 Å². The third-order valence-corrected chi connectivity index (χ3v) is 3.26. The van der Waals surface area contributed by atoms with Gasteiger partial charge in [-0.1, -0.05) is 12.1 Å². The number of nitrogen functional groups attached to an aromatic ring is 1. The Labute approximate surface area is 126 Å². The summed E-state index contributed by atoms with van der Waals surface area (Å²) >= 11 is 0. The number of nitrogens with two attached hydrogens (primary N) is 1. The lowest BCUT2D eigenvalue weighted by Crippen LogP contribution is -2.40. The first-order chi connectivity index (χ1) is 9.87. The van der Waals surface area contributed by atoms with Gasteiger partial charge in [-0.25, -0.2) is 4.79 Å². The van der Waals surface area contributed by atoms with E-state index >= 15 is 0 Å². The Hall–Kier alpha value is -1.75. The minimum atomic E-state index is -0.509. The summed E-state index contributed by atoms with van der Waals surface area (Å²) in [4.78, 5) is 14.2. The minimum Gasteiger partial charge on any atom is -0.444 e. The highest BCUT2D eigenvalue weighted by atomic mass is 16.6. The van der Waals surface area contributed by atoms with Crippen LogP contribution in [0.25, 0.3) is 0 Å². The van der Waals surface area contributed by atoms with E-state index in [0.29, 0.717) is 25.4 Å². The van der Waals surface area contributed by atoms with Crippen LogP contribution in [0.4, 0.5) is 10.5 Å². The first-order valence-corrected chi connectivity index (χ1v) is 7.29. The maximum absolute atomic E-state index is 12.5. The molecule has 1 unspecified atom stereocenters. The van der Waals surface area contributed by atoms with Crippen LogP contribution in [0.3, 0.4) is 0 Å². The molecule has 1 aromatic rings. The lowest BCUT2D eigenvalue weighted by molar-refractivity contribution is 0.0119. The molecule has 1 heterocycles. The molecule has 0 radical (unpaired) electrons. The molecule has 1 fully saturated rings. The molecule has 1 saturated heterocycles. The number of nitrogens with zero attached hydrogens (tertiary/aromatic N) is 1. The van der Waals surface area contributed by atoms with Gasteiger partial charge in [0, 0.05) is 18.8 Å². The molecule has 1 aliphatic heterocycles. The number of hydrogen-bond acceptors (Lipinski definition) is 4. The molecule has 2 N–H and O–H groups in total. The van der Waals surface area contributed by atoms with Gasteiger partial charge in [0.2, 0.25) is 0 Å². The van der Waals surface area contributed by atoms with Gasteiger partial charge in [-0.05, 0) is 44.9 Å². The molecule has 1 aliphatic rings. The number of rotatable bonds is 1. The first kappa shape index (κ1) is 15.6. The summed E-state index contributed by atoms with van der Waals surface area (Å²) in [7, 11) is 0. The van der Waals surface area contributed by atoms with Gasteiger partial charge in [0.1, 0.15) is 5.60 Å².